The summed E-state index contributed by atoms with van der Waals surface area (Å²) in [5.41, 5.74) is 11.0. The van der Waals surface area contributed by atoms with Crippen molar-refractivity contribution in [2.75, 3.05) is 6.54 Å². The summed E-state index contributed by atoms with van der Waals surface area (Å²) in [6.45, 7) is 2.21. The number of halogens is 3. The van der Waals surface area contributed by atoms with Crippen LogP contribution in [-0.2, 0) is 30.6 Å². The Morgan fingerprint density at radius 3 is 2.33 bits per heavy atom. The Bertz CT molecular complexity index is 1700. The second-order valence-electron chi connectivity index (χ2n) is 10.7. The standard InChI is InChI=1S/C34H32F3N3O3/c1-2-21-4-3-5-23(12-21)19-40(20-31(41)29(38)15-24-13-27(36)18-28(37)14-24)33(42)17-22-6-11-32-30(16-22)39-34(43-32)25-7-9-26(35)10-8-25/h3-14,16,18,29,31,41H,2,15,17,19-20,38H2,1H3. The largest absolute Gasteiger partial charge is 0.436 e. The Hall–Kier alpha value is -4.47. The molecule has 5 rings (SSSR count). The molecule has 0 aliphatic carbocycles. The zero-order valence-electron chi connectivity index (χ0n) is 23.6. The van der Waals surface area contributed by atoms with Crippen LogP contribution < -0.4 is 5.73 Å². The number of hydrogen-bond acceptors (Lipinski definition) is 5. The van der Waals surface area contributed by atoms with E-state index in [-0.39, 0.29) is 37.7 Å². The highest BCUT2D eigenvalue weighted by Crippen LogP contribution is 2.26. The van der Waals surface area contributed by atoms with Crippen LogP contribution in [0.15, 0.2) is 89.3 Å². The van der Waals surface area contributed by atoms with Gasteiger partial charge >= 0.3 is 0 Å². The quantitative estimate of drug-likeness (QED) is 0.199. The highest BCUT2D eigenvalue weighted by molar-refractivity contribution is 5.82. The summed E-state index contributed by atoms with van der Waals surface area (Å²) < 4.78 is 46.5. The first-order valence-corrected chi connectivity index (χ1v) is 14.1. The normalized spacial score (nSPS) is 12.8. The van der Waals surface area contributed by atoms with Gasteiger partial charge < -0.3 is 20.2 Å². The van der Waals surface area contributed by atoms with Gasteiger partial charge in [-0.1, -0.05) is 37.3 Å². The van der Waals surface area contributed by atoms with Crippen LogP contribution >= 0.6 is 0 Å². The maximum Gasteiger partial charge on any atom is 0.227 e. The lowest BCUT2D eigenvalue weighted by atomic mass is 10.0. The fraction of sp³-hybridized carbons (Fsp3) is 0.235. The number of aliphatic hydroxyl groups excluding tert-OH is 1. The van der Waals surface area contributed by atoms with Gasteiger partial charge in [0.15, 0.2) is 5.58 Å². The molecule has 2 unspecified atom stereocenters. The van der Waals surface area contributed by atoms with Crippen LogP contribution in [-0.4, -0.2) is 39.6 Å². The van der Waals surface area contributed by atoms with E-state index in [4.69, 9.17) is 10.2 Å². The molecule has 0 saturated heterocycles. The third-order valence-electron chi connectivity index (χ3n) is 7.32. The van der Waals surface area contributed by atoms with Crippen molar-refractivity contribution in [3.8, 4) is 11.5 Å². The van der Waals surface area contributed by atoms with Crippen LogP contribution in [0.1, 0.15) is 29.2 Å². The lowest BCUT2D eigenvalue weighted by Crippen LogP contribution is -2.46. The maximum absolute atomic E-state index is 13.7. The lowest BCUT2D eigenvalue weighted by molar-refractivity contribution is -0.132. The molecule has 4 aromatic carbocycles. The molecule has 0 aliphatic heterocycles. The van der Waals surface area contributed by atoms with Crippen molar-refractivity contribution in [2.24, 2.45) is 5.73 Å². The van der Waals surface area contributed by atoms with Gasteiger partial charge in [-0.05, 0) is 83.6 Å². The summed E-state index contributed by atoms with van der Waals surface area (Å²) in [7, 11) is 0. The molecule has 0 radical (unpaired) electrons. The minimum absolute atomic E-state index is 0.0270. The van der Waals surface area contributed by atoms with Crippen LogP contribution in [0, 0.1) is 17.5 Å². The average molecular weight is 588 g/mol. The molecule has 43 heavy (non-hydrogen) atoms. The van der Waals surface area contributed by atoms with Crippen LogP contribution in [0.3, 0.4) is 0 Å². The van der Waals surface area contributed by atoms with Crippen molar-refractivity contribution in [3.05, 3.63) is 125 Å². The molecule has 1 heterocycles. The van der Waals surface area contributed by atoms with E-state index < -0.39 is 23.8 Å². The minimum Gasteiger partial charge on any atom is -0.436 e. The SMILES string of the molecule is CCc1cccc(CN(CC(O)C(N)Cc2cc(F)cc(F)c2)C(=O)Cc2ccc3oc(-c4ccc(F)cc4)nc3c2)c1. The van der Waals surface area contributed by atoms with Gasteiger partial charge in [0.25, 0.3) is 0 Å². The molecule has 6 nitrogen and oxygen atoms in total. The fourth-order valence-electron chi connectivity index (χ4n) is 5.01. The number of nitrogens with zero attached hydrogens (tertiary/aromatic N) is 2. The highest BCUT2D eigenvalue weighted by Gasteiger charge is 2.24. The molecule has 0 bridgehead atoms. The number of fused-ring (bicyclic) bond motifs is 1. The predicted octanol–water partition coefficient (Wildman–Crippen LogP) is 5.98. The molecule has 1 amide bonds. The number of aryl methyl sites for hydroxylation is 1. The number of rotatable bonds is 11. The van der Waals surface area contributed by atoms with Gasteiger partial charge in [-0.2, -0.15) is 0 Å². The van der Waals surface area contributed by atoms with Gasteiger partial charge in [-0.15, -0.1) is 0 Å². The molecular weight excluding hydrogens is 555 g/mol. The van der Waals surface area contributed by atoms with Crippen LogP contribution in [0.25, 0.3) is 22.6 Å². The third kappa shape index (κ3) is 7.68. The molecule has 0 saturated carbocycles. The summed E-state index contributed by atoms with van der Waals surface area (Å²) in [4.78, 5) is 19.7. The fourth-order valence-corrected chi connectivity index (χ4v) is 5.01. The first kappa shape index (κ1) is 30.0. The van der Waals surface area contributed by atoms with Gasteiger partial charge in [0.1, 0.15) is 23.0 Å². The van der Waals surface area contributed by atoms with E-state index >= 15 is 0 Å². The molecule has 0 spiro atoms. The Labute approximate surface area is 247 Å². The van der Waals surface area contributed by atoms with Crippen molar-refractivity contribution in [2.45, 2.75) is 44.9 Å². The number of amides is 1. The summed E-state index contributed by atoms with van der Waals surface area (Å²) in [6.07, 6.45) is -0.264. The minimum atomic E-state index is -1.15. The monoisotopic (exact) mass is 587 g/mol. The van der Waals surface area contributed by atoms with Crippen molar-refractivity contribution < 1.29 is 27.5 Å². The number of aliphatic hydroxyl groups is 1. The maximum atomic E-state index is 13.7. The number of benzene rings is 4. The summed E-state index contributed by atoms with van der Waals surface area (Å²) >= 11 is 0. The number of hydrogen-bond donors (Lipinski definition) is 2. The molecule has 222 valence electrons. The van der Waals surface area contributed by atoms with Crippen LogP contribution in [0.5, 0.6) is 0 Å². The van der Waals surface area contributed by atoms with E-state index in [0.29, 0.717) is 33.7 Å². The van der Waals surface area contributed by atoms with Crippen molar-refractivity contribution >= 4 is 17.0 Å². The molecule has 2 atom stereocenters. The zero-order chi connectivity index (χ0) is 30.5. The lowest BCUT2D eigenvalue weighted by Gasteiger charge is -2.28. The summed E-state index contributed by atoms with van der Waals surface area (Å²) in [5.74, 6) is -1.71. The second-order valence-corrected chi connectivity index (χ2v) is 10.7. The topological polar surface area (TPSA) is 92.6 Å². The molecule has 5 aromatic rings. The number of carbonyl (C=O) groups excluding carboxylic acids is 1. The number of aromatic nitrogens is 1. The van der Waals surface area contributed by atoms with E-state index in [1.807, 2.05) is 31.2 Å². The molecule has 0 aliphatic rings. The Morgan fingerprint density at radius 1 is 0.884 bits per heavy atom. The molecule has 9 heteroatoms. The van der Waals surface area contributed by atoms with E-state index in [9.17, 15) is 23.1 Å². The van der Waals surface area contributed by atoms with Gasteiger partial charge in [0.2, 0.25) is 11.8 Å². The third-order valence-corrected chi connectivity index (χ3v) is 7.32. The Morgan fingerprint density at radius 2 is 1.60 bits per heavy atom. The van der Waals surface area contributed by atoms with E-state index in [2.05, 4.69) is 4.98 Å². The number of carbonyl (C=O) groups is 1. The molecule has 1 aromatic heterocycles. The smallest absolute Gasteiger partial charge is 0.227 e. The van der Waals surface area contributed by atoms with Crippen molar-refractivity contribution in [1.29, 1.82) is 0 Å². The zero-order valence-corrected chi connectivity index (χ0v) is 23.6. The Kier molecular flexibility index (Phi) is 9.23. The molecular formula is C34H32F3N3O3. The van der Waals surface area contributed by atoms with Gasteiger partial charge in [0, 0.05) is 30.8 Å². The van der Waals surface area contributed by atoms with Crippen molar-refractivity contribution in [3.63, 3.8) is 0 Å². The molecule has 0 fully saturated rings. The Balaban J connectivity index is 1.34. The predicted molar refractivity (Wildman–Crippen MR) is 158 cm³/mol. The van der Waals surface area contributed by atoms with Gasteiger partial charge in [-0.3, -0.25) is 4.79 Å². The summed E-state index contributed by atoms with van der Waals surface area (Å²) in [6, 6.07) is 21.2. The second kappa shape index (κ2) is 13.2. The van der Waals surface area contributed by atoms with E-state index in [0.717, 1.165) is 23.6 Å². The molecule has 3 N–H and O–H groups in total. The summed E-state index contributed by atoms with van der Waals surface area (Å²) in [5, 5.41) is 11.0. The van der Waals surface area contributed by atoms with Gasteiger partial charge in [0.05, 0.1) is 12.5 Å². The first-order valence-electron chi connectivity index (χ1n) is 14.1. The van der Waals surface area contributed by atoms with E-state index in [1.54, 1.807) is 35.2 Å². The van der Waals surface area contributed by atoms with E-state index in [1.165, 1.54) is 24.3 Å². The number of oxazole rings is 1. The number of nitrogens with two attached hydrogens (primary N) is 1. The average Bonchev–Trinajstić information content (AvgIpc) is 3.40. The van der Waals surface area contributed by atoms with Crippen LogP contribution in [0.4, 0.5) is 13.2 Å². The van der Waals surface area contributed by atoms with Crippen LogP contribution in [0.2, 0.25) is 0 Å². The first-order chi connectivity index (χ1) is 20.7. The van der Waals surface area contributed by atoms with Crippen molar-refractivity contribution in [1.82, 2.24) is 9.88 Å². The van der Waals surface area contributed by atoms with Gasteiger partial charge in [-0.25, -0.2) is 18.2 Å². The highest BCUT2D eigenvalue weighted by atomic mass is 19.1.